The molecular weight excluding hydrogens is 323 g/mol. The predicted octanol–water partition coefficient (Wildman–Crippen LogP) is 2.50. The predicted molar refractivity (Wildman–Crippen MR) is 81.8 cm³/mol. The van der Waals surface area contributed by atoms with E-state index in [0.29, 0.717) is 25.1 Å². The number of benzene rings is 1. The van der Waals surface area contributed by atoms with Crippen molar-refractivity contribution in [2.45, 2.75) is 32.0 Å². The van der Waals surface area contributed by atoms with Gasteiger partial charge in [-0.05, 0) is 36.5 Å². The van der Waals surface area contributed by atoms with Crippen LogP contribution >= 0.6 is 0 Å². The molecule has 0 saturated carbocycles. The first-order valence-electron chi connectivity index (χ1n) is 7.73. The number of nitrogens with one attached hydrogen (secondary N) is 1. The number of urea groups is 1. The Morgan fingerprint density at radius 2 is 1.75 bits per heavy atom. The van der Waals surface area contributed by atoms with E-state index in [0.717, 1.165) is 25.0 Å². The molecule has 132 valence electrons. The number of hydrogen-bond donors (Lipinski definition) is 2. The van der Waals surface area contributed by atoms with Crippen LogP contribution in [0.5, 0.6) is 0 Å². The van der Waals surface area contributed by atoms with Crippen LogP contribution in [0, 0.1) is 5.92 Å². The lowest BCUT2D eigenvalue weighted by Crippen LogP contribution is -2.44. The molecule has 0 unspecified atom stereocenters. The third-order valence-corrected chi connectivity index (χ3v) is 4.12. The molecule has 1 aromatic rings. The average Bonchev–Trinajstić information content (AvgIpc) is 2.52. The van der Waals surface area contributed by atoms with Crippen molar-refractivity contribution in [1.82, 2.24) is 10.2 Å². The van der Waals surface area contributed by atoms with Gasteiger partial charge in [-0.2, -0.15) is 13.2 Å². The van der Waals surface area contributed by atoms with E-state index in [1.54, 1.807) is 4.90 Å². The number of carbonyl (C=O) groups is 2. The standard InChI is InChI=1S/C16H20F3N3O2/c17-16(18,19)13-3-1-12(2-4-13)10-21-15(24)22-7-5-11(6-8-22)9-14(20)23/h1-4,11H,5-10H2,(H2,20,23)(H,21,24). The van der Waals surface area contributed by atoms with Crippen LogP contribution in [0.4, 0.5) is 18.0 Å². The van der Waals surface area contributed by atoms with Gasteiger partial charge in [0.05, 0.1) is 5.56 Å². The Balaban J connectivity index is 1.78. The highest BCUT2D eigenvalue weighted by molar-refractivity contribution is 5.75. The Morgan fingerprint density at radius 1 is 1.17 bits per heavy atom. The molecule has 1 aliphatic heterocycles. The summed E-state index contributed by atoms with van der Waals surface area (Å²) in [7, 11) is 0. The smallest absolute Gasteiger partial charge is 0.370 e. The highest BCUT2D eigenvalue weighted by Gasteiger charge is 2.30. The molecule has 24 heavy (non-hydrogen) atoms. The molecule has 0 atom stereocenters. The van der Waals surface area contributed by atoms with Gasteiger partial charge in [0.2, 0.25) is 5.91 Å². The number of halogens is 3. The number of primary amides is 1. The number of carbonyl (C=O) groups excluding carboxylic acids is 2. The molecule has 1 heterocycles. The molecule has 0 spiro atoms. The lowest BCUT2D eigenvalue weighted by atomic mass is 9.93. The highest BCUT2D eigenvalue weighted by Crippen LogP contribution is 2.29. The normalized spacial score (nSPS) is 16.0. The van der Waals surface area contributed by atoms with Crippen LogP contribution in [0.25, 0.3) is 0 Å². The van der Waals surface area contributed by atoms with Crippen LogP contribution < -0.4 is 11.1 Å². The Kier molecular flexibility index (Phi) is 5.69. The maximum Gasteiger partial charge on any atom is 0.416 e. The quantitative estimate of drug-likeness (QED) is 0.881. The van der Waals surface area contributed by atoms with Gasteiger partial charge in [-0.3, -0.25) is 4.79 Å². The van der Waals surface area contributed by atoms with Crippen molar-refractivity contribution in [2.75, 3.05) is 13.1 Å². The van der Waals surface area contributed by atoms with Gasteiger partial charge in [0.15, 0.2) is 0 Å². The Hall–Kier alpha value is -2.25. The van der Waals surface area contributed by atoms with Crippen LogP contribution in [0.2, 0.25) is 0 Å². The number of piperidine rings is 1. The topological polar surface area (TPSA) is 75.4 Å². The summed E-state index contributed by atoms with van der Waals surface area (Å²) in [6, 6.07) is 4.44. The summed E-state index contributed by atoms with van der Waals surface area (Å²) < 4.78 is 37.4. The van der Waals surface area contributed by atoms with Crippen molar-refractivity contribution in [3.05, 3.63) is 35.4 Å². The lowest BCUT2D eigenvalue weighted by molar-refractivity contribution is -0.137. The summed E-state index contributed by atoms with van der Waals surface area (Å²) in [6.07, 6.45) is -2.59. The molecule has 3 N–H and O–H groups in total. The van der Waals surface area contributed by atoms with Crippen molar-refractivity contribution in [3.63, 3.8) is 0 Å². The first-order chi connectivity index (χ1) is 11.3. The number of amides is 3. The fraction of sp³-hybridized carbons (Fsp3) is 0.500. The zero-order chi connectivity index (χ0) is 17.7. The number of hydrogen-bond acceptors (Lipinski definition) is 2. The fourth-order valence-electron chi connectivity index (χ4n) is 2.73. The van der Waals surface area contributed by atoms with Crippen LogP contribution in [0.1, 0.15) is 30.4 Å². The molecule has 1 aliphatic rings. The van der Waals surface area contributed by atoms with Crippen molar-refractivity contribution < 1.29 is 22.8 Å². The summed E-state index contributed by atoms with van der Waals surface area (Å²) in [5.41, 5.74) is 5.05. The number of nitrogens with zero attached hydrogens (tertiary/aromatic N) is 1. The van der Waals surface area contributed by atoms with E-state index in [-0.39, 0.29) is 24.4 Å². The second kappa shape index (κ2) is 7.55. The maximum absolute atomic E-state index is 12.5. The van der Waals surface area contributed by atoms with E-state index in [1.165, 1.54) is 12.1 Å². The summed E-state index contributed by atoms with van der Waals surface area (Å²) in [5, 5.41) is 2.70. The number of rotatable bonds is 4. The molecule has 3 amide bonds. The molecule has 1 fully saturated rings. The number of likely N-dealkylation sites (tertiary alicyclic amines) is 1. The van der Waals surface area contributed by atoms with Gasteiger partial charge >= 0.3 is 12.2 Å². The molecule has 0 aliphatic carbocycles. The lowest BCUT2D eigenvalue weighted by Gasteiger charge is -2.31. The zero-order valence-corrected chi connectivity index (χ0v) is 13.1. The molecule has 1 aromatic carbocycles. The number of alkyl halides is 3. The minimum Gasteiger partial charge on any atom is -0.370 e. The maximum atomic E-state index is 12.5. The van der Waals surface area contributed by atoms with Crippen molar-refractivity contribution in [3.8, 4) is 0 Å². The Bertz CT molecular complexity index is 579. The second-order valence-corrected chi connectivity index (χ2v) is 5.95. The monoisotopic (exact) mass is 343 g/mol. The van der Waals surface area contributed by atoms with Crippen LogP contribution in [-0.4, -0.2) is 29.9 Å². The van der Waals surface area contributed by atoms with Gasteiger partial charge in [-0.1, -0.05) is 12.1 Å². The summed E-state index contributed by atoms with van der Waals surface area (Å²) >= 11 is 0. The van der Waals surface area contributed by atoms with E-state index in [9.17, 15) is 22.8 Å². The van der Waals surface area contributed by atoms with Crippen molar-refractivity contribution >= 4 is 11.9 Å². The molecule has 0 bridgehead atoms. The van der Waals surface area contributed by atoms with Crippen molar-refractivity contribution in [1.29, 1.82) is 0 Å². The van der Waals surface area contributed by atoms with Crippen LogP contribution in [0.3, 0.4) is 0 Å². The third kappa shape index (κ3) is 5.14. The Morgan fingerprint density at radius 3 is 2.25 bits per heavy atom. The molecule has 0 aromatic heterocycles. The minimum atomic E-state index is -4.36. The van der Waals surface area contributed by atoms with Gasteiger partial charge in [0.25, 0.3) is 0 Å². The number of nitrogens with two attached hydrogens (primary N) is 1. The highest BCUT2D eigenvalue weighted by atomic mass is 19.4. The van der Waals surface area contributed by atoms with E-state index in [2.05, 4.69) is 5.32 Å². The van der Waals surface area contributed by atoms with Gasteiger partial charge in [-0.15, -0.1) is 0 Å². The summed E-state index contributed by atoms with van der Waals surface area (Å²) in [4.78, 5) is 24.6. The average molecular weight is 343 g/mol. The van der Waals surface area contributed by atoms with E-state index >= 15 is 0 Å². The minimum absolute atomic E-state index is 0.165. The molecule has 2 rings (SSSR count). The first kappa shape index (κ1) is 18.1. The molecule has 8 heteroatoms. The van der Waals surface area contributed by atoms with Gasteiger partial charge in [0.1, 0.15) is 0 Å². The van der Waals surface area contributed by atoms with Gasteiger partial charge < -0.3 is 16.0 Å². The molecule has 1 saturated heterocycles. The third-order valence-electron chi connectivity index (χ3n) is 4.12. The Labute approximate surface area is 138 Å². The largest absolute Gasteiger partial charge is 0.416 e. The summed E-state index contributed by atoms with van der Waals surface area (Å²) in [6.45, 7) is 1.24. The molecule has 0 radical (unpaired) electrons. The van der Waals surface area contributed by atoms with Gasteiger partial charge in [-0.25, -0.2) is 4.79 Å². The zero-order valence-electron chi connectivity index (χ0n) is 13.1. The molecule has 5 nitrogen and oxygen atoms in total. The van der Waals surface area contributed by atoms with E-state index in [1.807, 2.05) is 0 Å². The van der Waals surface area contributed by atoms with Crippen LogP contribution in [0.15, 0.2) is 24.3 Å². The van der Waals surface area contributed by atoms with Crippen molar-refractivity contribution in [2.24, 2.45) is 11.7 Å². The van der Waals surface area contributed by atoms with E-state index in [4.69, 9.17) is 5.73 Å². The second-order valence-electron chi connectivity index (χ2n) is 5.95. The fourth-order valence-corrected chi connectivity index (χ4v) is 2.73. The molecular formula is C16H20F3N3O2. The SMILES string of the molecule is NC(=O)CC1CCN(C(=O)NCc2ccc(C(F)(F)F)cc2)CC1. The van der Waals surface area contributed by atoms with Gasteiger partial charge in [0, 0.05) is 26.1 Å². The van der Waals surface area contributed by atoms with E-state index < -0.39 is 11.7 Å². The summed E-state index contributed by atoms with van der Waals surface area (Å²) in [5.74, 6) is -0.123. The van der Waals surface area contributed by atoms with Crippen LogP contribution in [-0.2, 0) is 17.5 Å². The first-order valence-corrected chi connectivity index (χ1v) is 7.73.